The van der Waals surface area contributed by atoms with E-state index in [1.807, 2.05) is 12.3 Å². The highest BCUT2D eigenvalue weighted by atomic mass is 32.2. The van der Waals surface area contributed by atoms with E-state index < -0.39 is 0 Å². The second-order valence-electron chi connectivity index (χ2n) is 6.10. The Morgan fingerprint density at radius 1 is 1.44 bits per heavy atom. The van der Waals surface area contributed by atoms with Crippen molar-refractivity contribution in [2.45, 2.75) is 19.8 Å². The molecule has 27 heavy (non-hydrogen) atoms. The van der Waals surface area contributed by atoms with Crippen LogP contribution < -0.4 is 4.74 Å². The fraction of sp³-hybridized carbons (Fsp3) is 0.250. The molecule has 0 unspecified atom stereocenters. The quantitative estimate of drug-likeness (QED) is 0.426. The average Bonchev–Trinajstić information content (AvgIpc) is 3.14. The van der Waals surface area contributed by atoms with Gasteiger partial charge in [-0.25, -0.2) is 4.98 Å². The number of allylic oxidation sites excluding steroid dienone is 2. The third-order valence-corrected chi connectivity index (χ3v) is 5.49. The summed E-state index contributed by atoms with van der Waals surface area (Å²) in [6, 6.07) is 3.99. The number of nitrogens with zero attached hydrogens (tertiary/aromatic N) is 3. The van der Waals surface area contributed by atoms with E-state index in [0.29, 0.717) is 37.2 Å². The van der Waals surface area contributed by atoms with Crippen molar-refractivity contribution in [3.05, 3.63) is 66.0 Å². The Labute approximate surface area is 161 Å². The topological polar surface area (TPSA) is 69.7 Å². The molecule has 0 atom stereocenters. The first-order chi connectivity index (χ1) is 13.3. The standard InChI is InChI=1S/C20H19N3O3S/c1-3-10-25-23-15-8-11-24-20-17(15)22-19(26-20)18-13(2)6-7-16(27-18)14-5-4-9-21-12-14/h3-5,7,9,12H,1,6,8,10-11H2,2H3. The van der Waals surface area contributed by atoms with Gasteiger partial charge in [-0.05, 0) is 19.4 Å². The van der Waals surface area contributed by atoms with Gasteiger partial charge in [0, 0.05) is 29.3 Å². The molecule has 4 heterocycles. The number of hydrogen-bond acceptors (Lipinski definition) is 7. The van der Waals surface area contributed by atoms with Crippen molar-refractivity contribution in [3.63, 3.8) is 0 Å². The first-order valence-corrected chi connectivity index (χ1v) is 9.50. The smallest absolute Gasteiger partial charge is 0.315 e. The molecule has 2 aliphatic rings. The molecular formula is C20H19N3O3S. The molecule has 6 nitrogen and oxygen atoms in total. The summed E-state index contributed by atoms with van der Waals surface area (Å²) in [7, 11) is 0. The number of fused-ring (bicyclic) bond motifs is 1. The maximum Gasteiger partial charge on any atom is 0.315 e. The molecule has 0 saturated heterocycles. The van der Waals surface area contributed by atoms with Gasteiger partial charge in [0.15, 0.2) is 5.69 Å². The molecule has 2 aromatic rings. The van der Waals surface area contributed by atoms with Crippen molar-refractivity contribution < 1.29 is 14.0 Å². The number of oxime groups is 1. The maximum atomic E-state index is 5.93. The number of ether oxygens (including phenoxy) is 1. The molecule has 2 aromatic heterocycles. The molecule has 4 rings (SSSR count). The van der Waals surface area contributed by atoms with Gasteiger partial charge in [0.25, 0.3) is 0 Å². The van der Waals surface area contributed by atoms with Crippen LogP contribution in [0.2, 0.25) is 0 Å². The number of pyridine rings is 1. The van der Waals surface area contributed by atoms with Gasteiger partial charge >= 0.3 is 5.95 Å². The summed E-state index contributed by atoms with van der Waals surface area (Å²) in [6.07, 6.45) is 8.95. The molecular weight excluding hydrogens is 362 g/mol. The molecule has 0 N–H and O–H groups in total. The fourth-order valence-electron chi connectivity index (χ4n) is 2.79. The number of hydrogen-bond donors (Lipinski definition) is 0. The predicted molar refractivity (Wildman–Crippen MR) is 106 cm³/mol. The second kappa shape index (κ2) is 7.84. The molecule has 138 valence electrons. The van der Waals surface area contributed by atoms with Gasteiger partial charge in [-0.3, -0.25) is 4.98 Å². The summed E-state index contributed by atoms with van der Waals surface area (Å²) in [6.45, 7) is 6.55. The van der Waals surface area contributed by atoms with Crippen molar-refractivity contribution in [2.24, 2.45) is 5.16 Å². The lowest BCUT2D eigenvalue weighted by atomic mass is 10.1. The summed E-state index contributed by atoms with van der Waals surface area (Å²) in [5.41, 5.74) is 3.63. The van der Waals surface area contributed by atoms with Crippen LogP contribution in [-0.2, 0) is 4.84 Å². The molecule has 0 saturated carbocycles. The minimum atomic E-state index is 0.351. The number of aromatic nitrogens is 2. The fourth-order valence-corrected chi connectivity index (χ4v) is 3.85. The van der Waals surface area contributed by atoms with Gasteiger partial charge in [-0.2, -0.15) is 0 Å². The van der Waals surface area contributed by atoms with E-state index in [-0.39, 0.29) is 0 Å². The molecule has 0 amide bonds. The van der Waals surface area contributed by atoms with Gasteiger partial charge in [0.2, 0.25) is 5.89 Å². The van der Waals surface area contributed by atoms with Crippen LogP contribution in [0.3, 0.4) is 0 Å². The van der Waals surface area contributed by atoms with E-state index in [4.69, 9.17) is 14.0 Å². The molecule has 0 aliphatic carbocycles. The third-order valence-electron chi connectivity index (χ3n) is 4.14. The lowest BCUT2D eigenvalue weighted by molar-refractivity contribution is 0.171. The van der Waals surface area contributed by atoms with E-state index in [9.17, 15) is 0 Å². The van der Waals surface area contributed by atoms with Gasteiger partial charge in [0.05, 0.1) is 11.5 Å². The Morgan fingerprint density at radius 2 is 2.37 bits per heavy atom. The normalized spacial score (nSPS) is 18.0. The highest BCUT2D eigenvalue weighted by Crippen LogP contribution is 2.46. The highest BCUT2D eigenvalue weighted by molar-refractivity contribution is 8.16. The van der Waals surface area contributed by atoms with Crippen molar-refractivity contribution in [2.75, 3.05) is 13.2 Å². The minimum Gasteiger partial charge on any atom is -0.463 e. The second-order valence-corrected chi connectivity index (χ2v) is 7.15. The predicted octanol–water partition coefficient (Wildman–Crippen LogP) is 4.67. The van der Waals surface area contributed by atoms with E-state index >= 15 is 0 Å². The molecule has 0 fully saturated rings. The molecule has 7 heteroatoms. The molecule has 0 aromatic carbocycles. The van der Waals surface area contributed by atoms with E-state index in [0.717, 1.165) is 27.5 Å². The third kappa shape index (κ3) is 3.68. The highest BCUT2D eigenvalue weighted by Gasteiger charge is 2.28. The first kappa shape index (κ1) is 17.6. The van der Waals surface area contributed by atoms with Crippen LogP contribution in [0.4, 0.5) is 0 Å². The first-order valence-electron chi connectivity index (χ1n) is 8.68. The van der Waals surface area contributed by atoms with Crippen LogP contribution in [0.1, 0.15) is 36.9 Å². The van der Waals surface area contributed by atoms with Crippen LogP contribution in [0.5, 0.6) is 5.95 Å². The molecule has 2 aliphatic heterocycles. The largest absolute Gasteiger partial charge is 0.463 e. The Balaban J connectivity index is 1.62. The Kier molecular flexibility index (Phi) is 5.11. The lowest BCUT2D eigenvalue weighted by Crippen LogP contribution is -2.16. The van der Waals surface area contributed by atoms with Gasteiger partial charge in [-0.15, -0.1) is 0 Å². The Hall–Kier alpha value is -2.80. The van der Waals surface area contributed by atoms with E-state index in [1.165, 1.54) is 5.57 Å². The molecule has 0 bridgehead atoms. The summed E-state index contributed by atoms with van der Waals surface area (Å²) >= 11 is 1.64. The van der Waals surface area contributed by atoms with Gasteiger partial charge in [-0.1, -0.05) is 47.3 Å². The Morgan fingerprint density at radius 3 is 3.19 bits per heavy atom. The summed E-state index contributed by atoms with van der Waals surface area (Å²) in [5.74, 6) is 0.950. The van der Waals surface area contributed by atoms with E-state index in [1.54, 1.807) is 24.0 Å². The zero-order valence-electron chi connectivity index (χ0n) is 15.0. The summed E-state index contributed by atoms with van der Waals surface area (Å²) in [4.78, 5) is 16.2. The molecule has 0 radical (unpaired) electrons. The van der Waals surface area contributed by atoms with Crippen LogP contribution in [0, 0.1) is 0 Å². The number of oxazole rings is 1. The summed E-state index contributed by atoms with van der Waals surface area (Å²) in [5, 5.41) is 4.15. The van der Waals surface area contributed by atoms with Crippen molar-refractivity contribution in [1.82, 2.24) is 9.97 Å². The van der Waals surface area contributed by atoms with Crippen LogP contribution in [0.25, 0.3) is 9.81 Å². The lowest BCUT2D eigenvalue weighted by Gasteiger charge is -2.16. The monoisotopic (exact) mass is 381 g/mol. The minimum absolute atomic E-state index is 0.351. The van der Waals surface area contributed by atoms with Gasteiger partial charge in [0.1, 0.15) is 12.3 Å². The van der Waals surface area contributed by atoms with Crippen molar-refractivity contribution >= 4 is 27.3 Å². The van der Waals surface area contributed by atoms with Crippen molar-refractivity contribution in [1.29, 1.82) is 0 Å². The van der Waals surface area contributed by atoms with Crippen LogP contribution in [-0.4, -0.2) is 28.9 Å². The van der Waals surface area contributed by atoms with Crippen LogP contribution in [0.15, 0.2) is 58.4 Å². The van der Waals surface area contributed by atoms with E-state index in [2.05, 4.69) is 40.8 Å². The zero-order chi connectivity index (χ0) is 18.6. The van der Waals surface area contributed by atoms with Crippen molar-refractivity contribution in [3.8, 4) is 5.95 Å². The SMILES string of the molecule is C=CCON=C1CCOc2oc(C3=C(C)CC=C(c4cccnc4)S3)nc21. The maximum absolute atomic E-state index is 5.93. The molecule has 0 spiro atoms. The number of thioether (sulfide) groups is 1. The Bertz CT molecular complexity index is 945. The zero-order valence-corrected chi connectivity index (χ0v) is 15.8. The van der Waals surface area contributed by atoms with Crippen LogP contribution >= 0.6 is 11.8 Å². The van der Waals surface area contributed by atoms with Gasteiger partial charge < -0.3 is 14.0 Å². The number of rotatable bonds is 5. The summed E-state index contributed by atoms with van der Waals surface area (Å²) < 4.78 is 11.6. The average molecular weight is 381 g/mol.